The van der Waals surface area contributed by atoms with Crippen LogP contribution in [0.5, 0.6) is 0 Å². The van der Waals surface area contributed by atoms with Crippen molar-refractivity contribution in [2.75, 3.05) is 17.3 Å². The Bertz CT molecular complexity index is 1060. The first-order valence-corrected chi connectivity index (χ1v) is 11.7. The minimum absolute atomic E-state index is 0.120. The number of aromatic nitrogens is 1. The lowest BCUT2D eigenvalue weighted by molar-refractivity contribution is -0.113. The fraction of sp³-hybridized carbons (Fsp3) is 0.222. The molecule has 2 aromatic carbocycles. The first kappa shape index (κ1) is 18.9. The third-order valence-corrected chi connectivity index (χ3v) is 6.67. The quantitative estimate of drug-likeness (QED) is 0.672. The van der Waals surface area contributed by atoms with E-state index in [2.05, 4.69) is 16.4 Å². The molecule has 1 N–H and O–H groups in total. The van der Waals surface area contributed by atoms with Gasteiger partial charge >= 0.3 is 0 Å². The standard InChI is InChI=1S/C18H18N2O3S3/c1-12-4-3-5-13(8-12)10-24-11-17(21)20-18-19-15-7-6-14(26(2,22)23)9-16(15)25-18/h3-9H,10-11H2,1-2H3,(H,19,20,21). The van der Waals surface area contributed by atoms with E-state index in [1.54, 1.807) is 23.9 Å². The summed E-state index contributed by atoms with van der Waals surface area (Å²) in [6, 6.07) is 13.0. The lowest BCUT2D eigenvalue weighted by Gasteiger charge is -2.03. The van der Waals surface area contributed by atoms with E-state index in [4.69, 9.17) is 0 Å². The van der Waals surface area contributed by atoms with E-state index in [0.717, 1.165) is 10.5 Å². The molecule has 0 spiro atoms. The summed E-state index contributed by atoms with van der Waals surface area (Å²) in [6.45, 7) is 2.04. The summed E-state index contributed by atoms with van der Waals surface area (Å²) >= 11 is 2.81. The van der Waals surface area contributed by atoms with E-state index in [1.165, 1.54) is 34.8 Å². The van der Waals surface area contributed by atoms with Crippen molar-refractivity contribution < 1.29 is 13.2 Å². The molecule has 3 rings (SSSR count). The fourth-order valence-corrected chi connectivity index (χ4v) is 4.83. The van der Waals surface area contributed by atoms with Gasteiger partial charge in [0.1, 0.15) is 0 Å². The molecule has 26 heavy (non-hydrogen) atoms. The molecule has 0 bridgehead atoms. The number of nitrogens with zero attached hydrogens (tertiary/aromatic N) is 1. The van der Waals surface area contributed by atoms with Crippen LogP contribution in [-0.2, 0) is 20.4 Å². The van der Waals surface area contributed by atoms with Gasteiger partial charge in [0, 0.05) is 12.0 Å². The van der Waals surface area contributed by atoms with Gasteiger partial charge in [0.2, 0.25) is 5.91 Å². The van der Waals surface area contributed by atoms with Gasteiger partial charge < -0.3 is 5.32 Å². The van der Waals surface area contributed by atoms with Crippen LogP contribution in [-0.4, -0.2) is 31.3 Å². The number of rotatable bonds is 6. The lowest BCUT2D eigenvalue weighted by Crippen LogP contribution is -2.13. The SMILES string of the molecule is Cc1cccc(CSCC(=O)Nc2nc3ccc(S(C)(=O)=O)cc3s2)c1. The van der Waals surface area contributed by atoms with Crippen LogP contribution in [0.4, 0.5) is 5.13 Å². The monoisotopic (exact) mass is 406 g/mol. The van der Waals surface area contributed by atoms with Crippen molar-refractivity contribution in [3.05, 3.63) is 53.6 Å². The summed E-state index contributed by atoms with van der Waals surface area (Å²) < 4.78 is 24.0. The maximum atomic E-state index is 12.1. The maximum absolute atomic E-state index is 12.1. The minimum atomic E-state index is -3.26. The number of hydrogen-bond donors (Lipinski definition) is 1. The Hall–Kier alpha value is -1.90. The van der Waals surface area contributed by atoms with E-state index in [0.29, 0.717) is 16.4 Å². The number of fused-ring (bicyclic) bond motifs is 1. The zero-order valence-corrected chi connectivity index (χ0v) is 16.8. The van der Waals surface area contributed by atoms with E-state index in [1.807, 2.05) is 25.1 Å². The number of aryl methyl sites for hydroxylation is 1. The van der Waals surface area contributed by atoms with Crippen molar-refractivity contribution in [3.63, 3.8) is 0 Å². The number of anilines is 1. The second kappa shape index (κ2) is 7.77. The van der Waals surface area contributed by atoms with Crippen molar-refractivity contribution in [1.29, 1.82) is 0 Å². The number of thioether (sulfide) groups is 1. The minimum Gasteiger partial charge on any atom is -0.301 e. The summed E-state index contributed by atoms with van der Waals surface area (Å²) in [5.74, 6) is 0.982. The summed E-state index contributed by atoms with van der Waals surface area (Å²) in [5, 5.41) is 3.26. The summed E-state index contributed by atoms with van der Waals surface area (Å²) in [4.78, 5) is 16.7. The number of thiazole rings is 1. The van der Waals surface area contributed by atoms with E-state index in [-0.39, 0.29) is 10.8 Å². The predicted octanol–water partition coefficient (Wildman–Crippen LogP) is 3.88. The predicted molar refractivity (Wildman–Crippen MR) is 109 cm³/mol. The van der Waals surface area contributed by atoms with Gasteiger partial charge in [-0.3, -0.25) is 4.79 Å². The van der Waals surface area contributed by atoms with Gasteiger partial charge in [-0.1, -0.05) is 41.2 Å². The van der Waals surface area contributed by atoms with Crippen molar-refractivity contribution in [2.24, 2.45) is 0 Å². The number of benzene rings is 2. The fourth-order valence-electron chi connectivity index (χ4n) is 2.41. The zero-order valence-electron chi connectivity index (χ0n) is 14.4. The van der Waals surface area contributed by atoms with Gasteiger partial charge in [-0.05, 0) is 30.7 Å². The maximum Gasteiger partial charge on any atom is 0.236 e. The molecule has 1 amide bonds. The second-order valence-corrected chi connectivity index (χ2v) is 9.98. The van der Waals surface area contributed by atoms with Crippen LogP contribution in [0, 0.1) is 6.92 Å². The highest BCUT2D eigenvalue weighted by Crippen LogP contribution is 2.28. The Kier molecular flexibility index (Phi) is 5.64. The number of sulfone groups is 1. The van der Waals surface area contributed by atoms with E-state index < -0.39 is 9.84 Å². The summed E-state index contributed by atoms with van der Waals surface area (Å²) in [6.07, 6.45) is 1.17. The number of carbonyl (C=O) groups excluding carboxylic acids is 1. The number of carbonyl (C=O) groups is 1. The van der Waals surface area contributed by atoms with Crippen molar-refractivity contribution >= 4 is 54.2 Å². The average molecular weight is 407 g/mol. The van der Waals surface area contributed by atoms with Crippen LogP contribution < -0.4 is 5.32 Å². The molecule has 1 aromatic heterocycles. The van der Waals surface area contributed by atoms with Crippen molar-refractivity contribution in [3.8, 4) is 0 Å². The molecular weight excluding hydrogens is 388 g/mol. The Morgan fingerprint density at radius 2 is 2.04 bits per heavy atom. The van der Waals surface area contributed by atoms with Crippen molar-refractivity contribution in [1.82, 2.24) is 4.98 Å². The Morgan fingerprint density at radius 3 is 2.77 bits per heavy atom. The van der Waals surface area contributed by atoms with Gasteiger partial charge in [-0.2, -0.15) is 0 Å². The molecule has 0 unspecified atom stereocenters. The van der Waals surface area contributed by atoms with Crippen LogP contribution in [0.3, 0.4) is 0 Å². The molecule has 1 heterocycles. The number of hydrogen-bond acceptors (Lipinski definition) is 6. The smallest absolute Gasteiger partial charge is 0.236 e. The third-order valence-electron chi connectivity index (χ3n) is 3.62. The van der Waals surface area contributed by atoms with Crippen molar-refractivity contribution in [2.45, 2.75) is 17.6 Å². The molecule has 0 aliphatic rings. The normalized spacial score (nSPS) is 11.6. The largest absolute Gasteiger partial charge is 0.301 e. The number of amides is 1. The molecule has 3 aromatic rings. The van der Waals surface area contributed by atoms with E-state index >= 15 is 0 Å². The Balaban J connectivity index is 1.60. The van der Waals surface area contributed by atoms with Gasteiger partial charge in [0.15, 0.2) is 15.0 Å². The molecule has 0 aliphatic carbocycles. The highest BCUT2D eigenvalue weighted by Gasteiger charge is 2.12. The highest BCUT2D eigenvalue weighted by molar-refractivity contribution is 7.99. The van der Waals surface area contributed by atoms with Crippen LogP contribution in [0.15, 0.2) is 47.4 Å². The van der Waals surface area contributed by atoms with Crippen LogP contribution in [0.25, 0.3) is 10.2 Å². The molecular formula is C18H18N2O3S3. The Morgan fingerprint density at radius 1 is 1.23 bits per heavy atom. The van der Waals surface area contributed by atoms with Gasteiger partial charge in [-0.25, -0.2) is 13.4 Å². The molecule has 0 saturated heterocycles. The van der Waals surface area contributed by atoms with Gasteiger partial charge in [-0.15, -0.1) is 11.8 Å². The first-order valence-electron chi connectivity index (χ1n) is 7.85. The molecule has 5 nitrogen and oxygen atoms in total. The lowest BCUT2D eigenvalue weighted by atomic mass is 10.2. The van der Waals surface area contributed by atoms with E-state index in [9.17, 15) is 13.2 Å². The summed E-state index contributed by atoms with van der Waals surface area (Å²) in [7, 11) is -3.26. The highest BCUT2D eigenvalue weighted by atomic mass is 32.2. The van der Waals surface area contributed by atoms with Gasteiger partial charge in [0.05, 0.1) is 20.9 Å². The zero-order chi connectivity index (χ0) is 18.7. The third kappa shape index (κ3) is 4.84. The number of nitrogens with one attached hydrogen (secondary N) is 1. The molecule has 136 valence electrons. The molecule has 0 radical (unpaired) electrons. The molecule has 0 atom stereocenters. The molecule has 0 saturated carbocycles. The van der Waals surface area contributed by atoms with Crippen LogP contribution in [0.2, 0.25) is 0 Å². The molecule has 0 aliphatic heterocycles. The second-order valence-electron chi connectivity index (χ2n) is 5.95. The first-order chi connectivity index (χ1) is 12.3. The molecule has 0 fully saturated rings. The topological polar surface area (TPSA) is 76.1 Å². The van der Waals surface area contributed by atoms with Crippen LogP contribution in [0.1, 0.15) is 11.1 Å². The molecule has 8 heteroatoms. The van der Waals surface area contributed by atoms with Crippen LogP contribution >= 0.6 is 23.1 Å². The summed E-state index contributed by atoms with van der Waals surface area (Å²) in [5.41, 5.74) is 3.07. The van der Waals surface area contributed by atoms with Gasteiger partial charge in [0.25, 0.3) is 0 Å². The Labute approximate surface area is 160 Å². The average Bonchev–Trinajstić information content (AvgIpc) is 2.95.